The lowest BCUT2D eigenvalue weighted by molar-refractivity contribution is -0.139. The SMILES string of the molecule is CC(OC(=O)CCC1CCCC1)=C1CCC2C3CC=C4CC(O)CCC4(C)C3CCCC12C. The minimum atomic E-state index is -0.135. The van der Waals surface area contributed by atoms with Crippen LogP contribution in [0.25, 0.3) is 0 Å². The fourth-order valence-electron chi connectivity index (χ4n) is 9.17. The molecule has 0 aromatic heterocycles. The van der Waals surface area contributed by atoms with Gasteiger partial charge in [0, 0.05) is 6.42 Å². The minimum absolute atomic E-state index is 0.0102. The van der Waals surface area contributed by atoms with Crippen LogP contribution in [0.15, 0.2) is 23.0 Å². The number of carbonyl (C=O) groups excluding carboxylic acids is 1. The number of fused-ring (bicyclic) bond motifs is 5. The Labute approximate surface area is 201 Å². The van der Waals surface area contributed by atoms with Crippen LogP contribution in [0.3, 0.4) is 0 Å². The molecule has 6 unspecified atom stereocenters. The van der Waals surface area contributed by atoms with Gasteiger partial charge < -0.3 is 9.84 Å². The third-order valence-corrected chi connectivity index (χ3v) is 11.0. The number of aliphatic hydroxyl groups is 1. The van der Waals surface area contributed by atoms with Crippen LogP contribution in [0.1, 0.15) is 117 Å². The van der Waals surface area contributed by atoms with Crippen LogP contribution in [0.5, 0.6) is 0 Å². The van der Waals surface area contributed by atoms with Gasteiger partial charge in [-0.3, -0.25) is 4.79 Å². The lowest BCUT2D eigenvalue weighted by Gasteiger charge is -2.52. The second kappa shape index (κ2) is 9.17. The van der Waals surface area contributed by atoms with E-state index in [0.717, 1.165) is 55.6 Å². The number of esters is 1. The van der Waals surface area contributed by atoms with Crippen molar-refractivity contribution in [1.82, 2.24) is 0 Å². The van der Waals surface area contributed by atoms with Gasteiger partial charge in [0.15, 0.2) is 0 Å². The van der Waals surface area contributed by atoms with Crippen molar-refractivity contribution in [2.24, 2.45) is 34.5 Å². The minimum Gasteiger partial charge on any atom is -0.431 e. The molecule has 5 rings (SSSR count). The summed E-state index contributed by atoms with van der Waals surface area (Å²) < 4.78 is 6.00. The summed E-state index contributed by atoms with van der Waals surface area (Å²) in [6, 6.07) is 0. The van der Waals surface area contributed by atoms with Gasteiger partial charge in [-0.1, -0.05) is 57.6 Å². The molecule has 5 aliphatic rings. The van der Waals surface area contributed by atoms with Crippen LogP contribution in [0.4, 0.5) is 0 Å². The highest BCUT2D eigenvalue weighted by atomic mass is 16.5. The van der Waals surface area contributed by atoms with E-state index in [1.165, 1.54) is 63.4 Å². The molecule has 3 heteroatoms. The Morgan fingerprint density at radius 2 is 1.79 bits per heavy atom. The topological polar surface area (TPSA) is 46.5 Å². The molecule has 0 heterocycles. The van der Waals surface area contributed by atoms with Gasteiger partial charge in [0.2, 0.25) is 0 Å². The number of allylic oxidation sites excluding steroid dienone is 3. The molecule has 33 heavy (non-hydrogen) atoms. The molecule has 0 spiro atoms. The van der Waals surface area contributed by atoms with E-state index in [9.17, 15) is 9.90 Å². The number of ether oxygens (including phenoxy) is 1. The Kier molecular flexibility index (Phi) is 6.57. The maximum absolute atomic E-state index is 12.7. The van der Waals surface area contributed by atoms with E-state index >= 15 is 0 Å². The number of carbonyl (C=O) groups is 1. The highest BCUT2D eigenvalue weighted by Gasteiger charge is 2.55. The summed E-state index contributed by atoms with van der Waals surface area (Å²) in [5.74, 6) is 3.81. The zero-order valence-corrected chi connectivity index (χ0v) is 21.3. The second-order valence-electron chi connectivity index (χ2n) is 12.7. The number of aliphatic hydroxyl groups excluding tert-OH is 1. The van der Waals surface area contributed by atoms with Crippen LogP contribution < -0.4 is 0 Å². The smallest absolute Gasteiger partial charge is 0.310 e. The summed E-state index contributed by atoms with van der Waals surface area (Å²) in [6.07, 6.45) is 19.6. The van der Waals surface area contributed by atoms with Crippen molar-refractivity contribution in [3.05, 3.63) is 23.0 Å². The second-order valence-corrected chi connectivity index (χ2v) is 12.7. The molecule has 4 saturated carbocycles. The lowest BCUT2D eigenvalue weighted by atomic mass is 9.53. The van der Waals surface area contributed by atoms with Crippen molar-refractivity contribution < 1.29 is 14.6 Å². The summed E-state index contributed by atoms with van der Waals surface area (Å²) in [5, 5.41) is 10.3. The molecule has 5 aliphatic carbocycles. The van der Waals surface area contributed by atoms with Crippen LogP contribution in [-0.2, 0) is 9.53 Å². The molecule has 0 aromatic carbocycles. The van der Waals surface area contributed by atoms with E-state index in [-0.39, 0.29) is 22.9 Å². The molecule has 0 amide bonds. The lowest BCUT2D eigenvalue weighted by Crippen LogP contribution is -2.44. The van der Waals surface area contributed by atoms with Crippen LogP contribution >= 0.6 is 0 Å². The molecular formula is C30H46O3. The van der Waals surface area contributed by atoms with Crippen molar-refractivity contribution in [2.45, 2.75) is 123 Å². The van der Waals surface area contributed by atoms with Gasteiger partial charge >= 0.3 is 5.97 Å². The monoisotopic (exact) mass is 454 g/mol. The van der Waals surface area contributed by atoms with Crippen LogP contribution in [0.2, 0.25) is 0 Å². The molecule has 6 atom stereocenters. The Bertz CT molecular complexity index is 818. The highest BCUT2D eigenvalue weighted by molar-refractivity contribution is 5.70. The van der Waals surface area contributed by atoms with Gasteiger partial charge in [0.1, 0.15) is 5.76 Å². The van der Waals surface area contributed by atoms with Gasteiger partial charge in [0.05, 0.1) is 6.10 Å². The number of hydrogen-bond donors (Lipinski definition) is 1. The zero-order valence-electron chi connectivity index (χ0n) is 21.3. The quantitative estimate of drug-likeness (QED) is 0.272. The standard InChI is InChI=1S/C30H46O3/c1-20(33-28(32)15-10-21-7-4-5-8-21)25-13-14-27-24-12-11-22-19-23(31)16-18-29(22,2)26(24)9-6-17-30(25,27)3/h11,21,23-24,26-27,31H,4-10,12-19H2,1-3H3. The molecule has 3 nitrogen and oxygen atoms in total. The van der Waals surface area contributed by atoms with E-state index in [0.29, 0.717) is 12.3 Å². The molecule has 0 radical (unpaired) electrons. The third kappa shape index (κ3) is 4.26. The Morgan fingerprint density at radius 1 is 1.03 bits per heavy atom. The van der Waals surface area contributed by atoms with Crippen molar-refractivity contribution in [3.63, 3.8) is 0 Å². The molecule has 0 bridgehead atoms. The number of hydrogen-bond acceptors (Lipinski definition) is 3. The van der Waals surface area contributed by atoms with Gasteiger partial charge in [-0.15, -0.1) is 0 Å². The predicted octanol–water partition coefficient (Wildman–Crippen LogP) is 7.49. The molecule has 0 aromatic rings. The summed E-state index contributed by atoms with van der Waals surface area (Å²) in [5.41, 5.74) is 3.45. The molecule has 4 fully saturated rings. The molecule has 0 aliphatic heterocycles. The number of rotatable bonds is 4. The summed E-state index contributed by atoms with van der Waals surface area (Å²) in [7, 11) is 0. The maximum atomic E-state index is 12.7. The van der Waals surface area contributed by atoms with E-state index in [4.69, 9.17) is 4.74 Å². The van der Waals surface area contributed by atoms with Crippen molar-refractivity contribution in [2.75, 3.05) is 0 Å². The van der Waals surface area contributed by atoms with Crippen molar-refractivity contribution >= 4 is 5.97 Å². The first-order valence-electron chi connectivity index (χ1n) is 14.1. The van der Waals surface area contributed by atoms with Crippen molar-refractivity contribution in [3.8, 4) is 0 Å². The van der Waals surface area contributed by atoms with E-state index in [1.807, 2.05) is 0 Å². The normalized spacial score (nSPS) is 42.6. The van der Waals surface area contributed by atoms with Crippen molar-refractivity contribution in [1.29, 1.82) is 0 Å². The van der Waals surface area contributed by atoms with Gasteiger partial charge in [-0.25, -0.2) is 0 Å². The zero-order chi connectivity index (χ0) is 23.2. The van der Waals surface area contributed by atoms with Gasteiger partial charge in [-0.05, 0) is 105 Å². The summed E-state index contributed by atoms with van der Waals surface area (Å²) in [6.45, 7) is 7.07. The van der Waals surface area contributed by atoms with E-state index in [2.05, 4.69) is 26.8 Å². The summed E-state index contributed by atoms with van der Waals surface area (Å²) >= 11 is 0. The average Bonchev–Trinajstić information content (AvgIpc) is 3.38. The Balaban J connectivity index is 1.32. The average molecular weight is 455 g/mol. The third-order valence-electron chi connectivity index (χ3n) is 11.0. The molecule has 1 N–H and O–H groups in total. The highest BCUT2D eigenvalue weighted by Crippen LogP contribution is 2.64. The van der Waals surface area contributed by atoms with E-state index < -0.39 is 0 Å². The maximum Gasteiger partial charge on any atom is 0.310 e. The predicted molar refractivity (Wildman–Crippen MR) is 132 cm³/mol. The van der Waals surface area contributed by atoms with Gasteiger partial charge in [0.25, 0.3) is 0 Å². The van der Waals surface area contributed by atoms with Gasteiger partial charge in [-0.2, -0.15) is 0 Å². The fraction of sp³-hybridized carbons (Fsp3) is 0.833. The first-order valence-corrected chi connectivity index (χ1v) is 14.1. The van der Waals surface area contributed by atoms with Crippen LogP contribution in [-0.4, -0.2) is 17.2 Å². The largest absolute Gasteiger partial charge is 0.431 e. The first-order chi connectivity index (χ1) is 15.8. The summed E-state index contributed by atoms with van der Waals surface area (Å²) in [4.78, 5) is 12.7. The first kappa shape index (κ1) is 23.6. The van der Waals surface area contributed by atoms with Crippen LogP contribution in [0, 0.1) is 34.5 Å². The molecule has 184 valence electrons. The molecular weight excluding hydrogens is 408 g/mol. The van der Waals surface area contributed by atoms with E-state index in [1.54, 1.807) is 5.57 Å². The fourth-order valence-corrected chi connectivity index (χ4v) is 9.17. The Morgan fingerprint density at radius 3 is 2.58 bits per heavy atom. The Hall–Kier alpha value is -1.09. The molecule has 0 saturated heterocycles.